The number of aromatic nitrogens is 2. The number of hydrogen-bond acceptors (Lipinski definition) is 3. The minimum absolute atomic E-state index is 0.143. The number of fused-ring (bicyclic) bond motifs is 1. The van der Waals surface area contributed by atoms with Crippen molar-refractivity contribution in [1.29, 1.82) is 0 Å². The maximum Gasteiger partial charge on any atom is 0.156 e. The number of benzene rings is 2. The molecule has 4 heteroatoms. The summed E-state index contributed by atoms with van der Waals surface area (Å²) in [6.07, 6.45) is 2.96. The number of nitrogens with one attached hydrogen (secondary N) is 1. The standard InChI is InChI=1S/C17H16N2O2/c1-11-20-15(16(21-11)17-18-8-9-19-17)14-7-6-12-4-2-3-5-13(12)10-14/h2-11,15-16H,1H3,(H,18,19). The molecule has 3 atom stereocenters. The third-order valence-corrected chi connectivity index (χ3v) is 3.84. The van der Waals surface area contributed by atoms with Gasteiger partial charge in [0.05, 0.1) is 0 Å². The first kappa shape index (κ1) is 12.6. The summed E-state index contributed by atoms with van der Waals surface area (Å²) < 4.78 is 11.8. The van der Waals surface area contributed by atoms with E-state index in [-0.39, 0.29) is 18.5 Å². The summed E-state index contributed by atoms with van der Waals surface area (Å²) in [5.41, 5.74) is 1.11. The Morgan fingerprint density at radius 2 is 1.81 bits per heavy atom. The molecule has 1 N–H and O–H groups in total. The van der Waals surface area contributed by atoms with Gasteiger partial charge in [0.1, 0.15) is 18.0 Å². The van der Waals surface area contributed by atoms with Gasteiger partial charge >= 0.3 is 0 Å². The number of H-pyrrole nitrogens is 1. The van der Waals surface area contributed by atoms with E-state index in [4.69, 9.17) is 9.47 Å². The van der Waals surface area contributed by atoms with Crippen LogP contribution in [-0.4, -0.2) is 16.3 Å². The number of ether oxygens (including phenoxy) is 2. The van der Waals surface area contributed by atoms with E-state index in [1.165, 1.54) is 10.8 Å². The van der Waals surface area contributed by atoms with E-state index in [9.17, 15) is 0 Å². The number of rotatable bonds is 2. The average Bonchev–Trinajstić information content (AvgIpc) is 3.15. The van der Waals surface area contributed by atoms with Crippen molar-refractivity contribution in [2.24, 2.45) is 0 Å². The molecular formula is C17H16N2O2. The number of aromatic amines is 1. The summed E-state index contributed by atoms with van der Waals surface area (Å²) in [7, 11) is 0. The molecule has 2 heterocycles. The average molecular weight is 280 g/mol. The van der Waals surface area contributed by atoms with Gasteiger partial charge in [-0.25, -0.2) is 4.98 Å². The fourth-order valence-electron chi connectivity index (χ4n) is 2.87. The molecule has 1 fully saturated rings. The van der Waals surface area contributed by atoms with E-state index in [1.54, 1.807) is 12.4 Å². The van der Waals surface area contributed by atoms with Crippen LogP contribution in [0.4, 0.5) is 0 Å². The molecule has 0 bridgehead atoms. The highest BCUT2D eigenvalue weighted by atomic mass is 16.7. The molecule has 0 amide bonds. The quantitative estimate of drug-likeness (QED) is 0.778. The first-order chi connectivity index (χ1) is 10.3. The van der Waals surface area contributed by atoms with Gasteiger partial charge in [0.2, 0.25) is 0 Å². The second kappa shape index (κ2) is 4.98. The zero-order valence-electron chi connectivity index (χ0n) is 11.7. The highest BCUT2D eigenvalue weighted by Crippen LogP contribution is 2.41. The van der Waals surface area contributed by atoms with E-state index in [2.05, 4.69) is 40.3 Å². The molecular weight excluding hydrogens is 264 g/mol. The predicted molar refractivity (Wildman–Crippen MR) is 79.6 cm³/mol. The molecule has 4 rings (SSSR count). The van der Waals surface area contributed by atoms with Gasteiger partial charge < -0.3 is 14.5 Å². The monoisotopic (exact) mass is 280 g/mol. The number of imidazole rings is 1. The summed E-state index contributed by atoms with van der Waals surface area (Å²) in [6.45, 7) is 1.91. The van der Waals surface area contributed by atoms with Crippen LogP contribution in [0.3, 0.4) is 0 Å². The van der Waals surface area contributed by atoms with Crippen LogP contribution in [0.15, 0.2) is 54.9 Å². The zero-order valence-corrected chi connectivity index (χ0v) is 11.7. The maximum absolute atomic E-state index is 5.95. The van der Waals surface area contributed by atoms with Crippen LogP contribution in [0.1, 0.15) is 30.5 Å². The second-order valence-electron chi connectivity index (χ2n) is 5.26. The highest BCUT2D eigenvalue weighted by molar-refractivity contribution is 5.83. The summed E-state index contributed by atoms with van der Waals surface area (Å²) in [5.74, 6) is 0.803. The van der Waals surface area contributed by atoms with Crippen LogP contribution >= 0.6 is 0 Å². The zero-order chi connectivity index (χ0) is 14.2. The normalized spacial score (nSPS) is 25.5. The van der Waals surface area contributed by atoms with Gasteiger partial charge in [0.25, 0.3) is 0 Å². The fourth-order valence-corrected chi connectivity index (χ4v) is 2.87. The molecule has 1 aliphatic rings. The topological polar surface area (TPSA) is 47.1 Å². The molecule has 1 saturated heterocycles. The molecule has 3 aromatic rings. The van der Waals surface area contributed by atoms with Crippen molar-refractivity contribution in [3.8, 4) is 0 Å². The van der Waals surface area contributed by atoms with Crippen molar-refractivity contribution in [3.05, 3.63) is 66.2 Å². The van der Waals surface area contributed by atoms with Crippen molar-refractivity contribution in [2.45, 2.75) is 25.4 Å². The molecule has 1 aromatic heterocycles. The van der Waals surface area contributed by atoms with Gasteiger partial charge in [-0.1, -0.05) is 36.4 Å². The van der Waals surface area contributed by atoms with E-state index in [0.717, 1.165) is 11.4 Å². The lowest BCUT2D eigenvalue weighted by Crippen LogP contribution is -2.08. The Labute approximate surface area is 122 Å². The Morgan fingerprint density at radius 3 is 2.62 bits per heavy atom. The largest absolute Gasteiger partial charge is 0.346 e. The first-order valence-electron chi connectivity index (χ1n) is 7.10. The summed E-state index contributed by atoms with van der Waals surface area (Å²) in [5, 5.41) is 2.43. The Hall–Kier alpha value is -2.17. The van der Waals surface area contributed by atoms with E-state index < -0.39 is 0 Å². The third kappa shape index (κ3) is 2.22. The van der Waals surface area contributed by atoms with Crippen LogP contribution in [0, 0.1) is 0 Å². The summed E-state index contributed by atoms with van der Waals surface area (Å²) in [6, 6.07) is 14.7. The van der Waals surface area contributed by atoms with Crippen LogP contribution < -0.4 is 0 Å². The SMILES string of the molecule is CC1OC(c2ccc3ccccc3c2)C(c2ncc[nH]2)O1. The molecule has 0 saturated carbocycles. The van der Waals surface area contributed by atoms with Crippen LogP contribution in [-0.2, 0) is 9.47 Å². The van der Waals surface area contributed by atoms with Crippen molar-refractivity contribution in [2.75, 3.05) is 0 Å². The predicted octanol–water partition coefficient (Wildman–Crippen LogP) is 3.74. The molecule has 0 spiro atoms. The smallest absolute Gasteiger partial charge is 0.156 e. The molecule has 0 radical (unpaired) electrons. The van der Waals surface area contributed by atoms with Crippen LogP contribution in [0.2, 0.25) is 0 Å². The third-order valence-electron chi connectivity index (χ3n) is 3.84. The van der Waals surface area contributed by atoms with Gasteiger partial charge in [-0.15, -0.1) is 0 Å². The van der Waals surface area contributed by atoms with Gasteiger partial charge in [0.15, 0.2) is 6.29 Å². The minimum atomic E-state index is -0.239. The van der Waals surface area contributed by atoms with Crippen molar-refractivity contribution < 1.29 is 9.47 Å². The first-order valence-corrected chi connectivity index (χ1v) is 7.10. The lowest BCUT2D eigenvalue weighted by molar-refractivity contribution is -0.0523. The number of hydrogen-bond donors (Lipinski definition) is 1. The molecule has 1 aliphatic heterocycles. The summed E-state index contributed by atoms with van der Waals surface area (Å²) in [4.78, 5) is 7.43. The van der Waals surface area contributed by atoms with Crippen molar-refractivity contribution in [1.82, 2.24) is 9.97 Å². The molecule has 4 nitrogen and oxygen atoms in total. The molecule has 21 heavy (non-hydrogen) atoms. The van der Waals surface area contributed by atoms with Crippen molar-refractivity contribution >= 4 is 10.8 Å². The Bertz CT molecular complexity index is 754. The number of nitrogens with zero attached hydrogens (tertiary/aromatic N) is 1. The lowest BCUT2D eigenvalue weighted by Gasteiger charge is -2.16. The molecule has 3 unspecified atom stereocenters. The molecule has 2 aromatic carbocycles. The highest BCUT2D eigenvalue weighted by Gasteiger charge is 2.37. The Balaban J connectivity index is 1.75. The van der Waals surface area contributed by atoms with Gasteiger partial charge in [-0.3, -0.25) is 0 Å². The molecule has 106 valence electrons. The maximum atomic E-state index is 5.95. The van der Waals surface area contributed by atoms with Gasteiger partial charge in [0, 0.05) is 12.4 Å². The Morgan fingerprint density at radius 1 is 1.00 bits per heavy atom. The lowest BCUT2D eigenvalue weighted by atomic mass is 10.00. The minimum Gasteiger partial charge on any atom is -0.346 e. The second-order valence-corrected chi connectivity index (χ2v) is 5.26. The van der Waals surface area contributed by atoms with Crippen molar-refractivity contribution in [3.63, 3.8) is 0 Å². The van der Waals surface area contributed by atoms with Gasteiger partial charge in [-0.05, 0) is 29.3 Å². The molecule has 0 aliphatic carbocycles. The van der Waals surface area contributed by atoms with E-state index >= 15 is 0 Å². The Kier molecular flexibility index (Phi) is 2.98. The van der Waals surface area contributed by atoms with Crippen LogP contribution in [0.5, 0.6) is 0 Å². The van der Waals surface area contributed by atoms with Gasteiger partial charge in [-0.2, -0.15) is 0 Å². The van der Waals surface area contributed by atoms with Crippen LogP contribution in [0.25, 0.3) is 10.8 Å². The van der Waals surface area contributed by atoms with E-state index in [0.29, 0.717) is 0 Å². The summed E-state index contributed by atoms with van der Waals surface area (Å²) >= 11 is 0. The fraction of sp³-hybridized carbons (Fsp3) is 0.235. The van der Waals surface area contributed by atoms with E-state index in [1.807, 2.05) is 19.1 Å².